The molecule has 0 aliphatic carbocycles. The topological polar surface area (TPSA) is 161 Å². The zero-order valence-electron chi connectivity index (χ0n) is 26.5. The average Bonchev–Trinajstić information content (AvgIpc) is 3.10. The Balaban J connectivity index is 0.000000261. The number of rotatable bonds is 13. The summed E-state index contributed by atoms with van der Waals surface area (Å²) in [6, 6.07) is 31.4. The van der Waals surface area contributed by atoms with E-state index in [1.54, 1.807) is 111 Å². The van der Waals surface area contributed by atoms with Gasteiger partial charge in [0.2, 0.25) is 0 Å². The molecule has 0 aliphatic rings. The van der Waals surface area contributed by atoms with Gasteiger partial charge in [-0.05, 0) is 50.9 Å². The van der Waals surface area contributed by atoms with Gasteiger partial charge in [0.1, 0.15) is 0 Å². The van der Waals surface area contributed by atoms with Crippen LogP contribution in [-0.2, 0) is 9.59 Å². The normalized spacial score (nSPS) is 11.5. The molecule has 0 bridgehead atoms. The van der Waals surface area contributed by atoms with Crippen molar-refractivity contribution in [3.05, 3.63) is 143 Å². The summed E-state index contributed by atoms with van der Waals surface area (Å²) < 4.78 is 0. The summed E-state index contributed by atoms with van der Waals surface area (Å²) >= 11 is 0. The van der Waals surface area contributed by atoms with Gasteiger partial charge in [0, 0.05) is 22.3 Å². The highest BCUT2D eigenvalue weighted by molar-refractivity contribution is 6.11. The molecule has 0 heterocycles. The molecule has 4 aromatic rings. The van der Waals surface area contributed by atoms with Crippen LogP contribution in [0.15, 0.2) is 109 Å². The third-order valence-corrected chi connectivity index (χ3v) is 7.31. The van der Waals surface area contributed by atoms with Gasteiger partial charge in [-0.3, -0.25) is 19.2 Å². The highest BCUT2D eigenvalue weighted by Crippen LogP contribution is 2.24. The molecular weight excluding hydrogens is 580 g/mol. The van der Waals surface area contributed by atoms with Gasteiger partial charge in [0.25, 0.3) is 0 Å². The number of carboxylic acid groups (broad SMARTS) is 2. The average molecular weight is 625 g/mol. The summed E-state index contributed by atoms with van der Waals surface area (Å²) in [5.41, 5.74) is 13.7. The Hall–Kier alpha value is -4.92. The molecule has 8 nitrogen and oxygen atoms in total. The van der Waals surface area contributed by atoms with Gasteiger partial charge in [0.15, 0.2) is 11.6 Å². The summed E-state index contributed by atoms with van der Waals surface area (Å²) in [4.78, 5) is 47.0. The molecule has 2 atom stereocenters. The SMILES string of the molecule is CC(C(=O)O)c1ccccc1C(=O)c1ccccc1.CC(C(=O)O)c1ccccc1C(=O)c1ccccc1.NCCCCCCN. The molecule has 0 aromatic heterocycles. The largest absolute Gasteiger partial charge is 0.481 e. The molecule has 4 rings (SSSR count). The van der Waals surface area contributed by atoms with Crippen LogP contribution in [0.3, 0.4) is 0 Å². The van der Waals surface area contributed by atoms with E-state index < -0.39 is 23.8 Å². The number of aliphatic carboxylic acids is 2. The molecule has 4 aromatic carbocycles. The number of hydrogen-bond acceptors (Lipinski definition) is 6. The van der Waals surface area contributed by atoms with E-state index in [9.17, 15) is 19.2 Å². The van der Waals surface area contributed by atoms with Crippen LogP contribution >= 0.6 is 0 Å². The molecular formula is C38H44N2O6. The van der Waals surface area contributed by atoms with E-state index in [2.05, 4.69) is 0 Å². The first-order valence-electron chi connectivity index (χ1n) is 15.4. The second-order valence-electron chi connectivity index (χ2n) is 10.7. The predicted molar refractivity (Wildman–Crippen MR) is 181 cm³/mol. The third kappa shape index (κ3) is 11.5. The molecule has 2 unspecified atom stereocenters. The molecule has 46 heavy (non-hydrogen) atoms. The van der Waals surface area contributed by atoms with E-state index in [0.29, 0.717) is 33.4 Å². The van der Waals surface area contributed by atoms with Crippen molar-refractivity contribution in [3.63, 3.8) is 0 Å². The van der Waals surface area contributed by atoms with Gasteiger partial charge in [-0.25, -0.2) is 0 Å². The van der Waals surface area contributed by atoms with Crippen LogP contribution in [0.25, 0.3) is 0 Å². The van der Waals surface area contributed by atoms with Crippen LogP contribution in [0.2, 0.25) is 0 Å². The fourth-order valence-corrected chi connectivity index (χ4v) is 4.56. The number of nitrogens with two attached hydrogens (primary N) is 2. The summed E-state index contributed by atoms with van der Waals surface area (Å²) in [5, 5.41) is 18.2. The molecule has 0 fully saturated rings. The number of hydrogen-bond donors (Lipinski definition) is 4. The molecule has 8 heteroatoms. The Morgan fingerprint density at radius 3 is 1.11 bits per heavy atom. The van der Waals surface area contributed by atoms with E-state index >= 15 is 0 Å². The summed E-state index contributed by atoms with van der Waals surface area (Å²) in [6.07, 6.45) is 4.79. The van der Waals surface area contributed by atoms with Gasteiger partial charge in [-0.1, -0.05) is 122 Å². The predicted octanol–water partition coefficient (Wildman–Crippen LogP) is 6.68. The molecule has 0 amide bonds. The lowest BCUT2D eigenvalue weighted by atomic mass is 9.91. The second-order valence-corrected chi connectivity index (χ2v) is 10.7. The highest BCUT2D eigenvalue weighted by atomic mass is 16.4. The molecule has 0 aliphatic heterocycles. The molecule has 242 valence electrons. The maximum atomic E-state index is 12.4. The smallest absolute Gasteiger partial charge is 0.310 e. The van der Waals surface area contributed by atoms with Crippen LogP contribution < -0.4 is 11.5 Å². The fourth-order valence-electron chi connectivity index (χ4n) is 4.56. The molecule has 0 spiro atoms. The minimum Gasteiger partial charge on any atom is -0.481 e. The Morgan fingerprint density at radius 2 is 0.804 bits per heavy atom. The number of carboxylic acids is 2. The van der Waals surface area contributed by atoms with Crippen LogP contribution in [-0.4, -0.2) is 46.8 Å². The van der Waals surface area contributed by atoms with Crippen molar-refractivity contribution < 1.29 is 29.4 Å². The van der Waals surface area contributed by atoms with Crippen molar-refractivity contribution in [2.75, 3.05) is 13.1 Å². The van der Waals surface area contributed by atoms with Crippen LogP contribution in [0.5, 0.6) is 0 Å². The standard InChI is InChI=1S/2C16H14O3.C6H16N2/c2*1-11(16(18)19)13-9-5-6-10-14(13)15(17)12-7-3-2-4-8-12;7-5-3-1-2-4-6-8/h2*2-11H,1H3,(H,18,19);1-8H2. The number of benzene rings is 4. The Labute approximate surface area is 271 Å². The molecule has 0 radical (unpaired) electrons. The van der Waals surface area contributed by atoms with Crippen molar-refractivity contribution in [3.8, 4) is 0 Å². The van der Waals surface area contributed by atoms with Crippen LogP contribution in [0, 0.1) is 0 Å². The van der Waals surface area contributed by atoms with Gasteiger partial charge in [-0.15, -0.1) is 0 Å². The van der Waals surface area contributed by atoms with Gasteiger partial charge < -0.3 is 21.7 Å². The van der Waals surface area contributed by atoms with Crippen LogP contribution in [0.4, 0.5) is 0 Å². The fraction of sp³-hybridized carbons (Fsp3) is 0.263. The Morgan fingerprint density at radius 1 is 0.500 bits per heavy atom. The van der Waals surface area contributed by atoms with E-state index in [1.807, 2.05) is 12.1 Å². The maximum absolute atomic E-state index is 12.4. The minimum absolute atomic E-state index is 0.149. The second kappa shape index (κ2) is 20.2. The monoisotopic (exact) mass is 624 g/mol. The van der Waals surface area contributed by atoms with Gasteiger partial charge >= 0.3 is 11.9 Å². The third-order valence-electron chi connectivity index (χ3n) is 7.31. The quantitative estimate of drug-likeness (QED) is 0.0947. The number of ketones is 2. The lowest BCUT2D eigenvalue weighted by molar-refractivity contribution is -0.139. The summed E-state index contributed by atoms with van der Waals surface area (Å²) in [5.74, 6) is -3.58. The molecule has 0 saturated carbocycles. The molecule has 6 N–H and O–H groups in total. The molecule has 0 saturated heterocycles. The maximum Gasteiger partial charge on any atom is 0.310 e. The lowest BCUT2D eigenvalue weighted by Gasteiger charge is -2.12. The number of unbranched alkanes of at least 4 members (excludes halogenated alkanes) is 3. The first-order valence-corrected chi connectivity index (χ1v) is 15.4. The van der Waals surface area contributed by atoms with E-state index in [4.69, 9.17) is 21.7 Å². The van der Waals surface area contributed by atoms with Crippen molar-refractivity contribution in [2.45, 2.75) is 51.4 Å². The summed E-state index contributed by atoms with van der Waals surface area (Å²) in [7, 11) is 0. The van der Waals surface area contributed by atoms with E-state index in [1.165, 1.54) is 12.8 Å². The van der Waals surface area contributed by atoms with E-state index in [0.717, 1.165) is 25.9 Å². The lowest BCUT2D eigenvalue weighted by Crippen LogP contribution is -2.13. The number of carbonyl (C=O) groups excluding carboxylic acids is 2. The Kier molecular flexibility index (Phi) is 16.3. The minimum atomic E-state index is -0.937. The van der Waals surface area contributed by atoms with Gasteiger partial charge in [0.05, 0.1) is 11.8 Å². The zero-order chi connectivity index (χ0) is 33.9. The van der Waals surface area contributed by atoms with Crippen molar-refractivity contribution in [1.82, 2.24) is 0 Å². The Bertz CT molecular complexity index is 1420. The zero-order valence-corrected chi connectivity index (χ0v) is 26.5. The van der Waals surface area contributed by atoms with Crippen molar-refractivity contribution in [2.24, 2.45) is 11.5 Å². The van der Waals surface area contributed by atoms with Crippen molar-refractivity contribution in [1.29, 1.82) is 0 Å². The van der Waals surface area contributed by atoms with Crippen molar-refractivity contribution >= 4 is 23.5 Å². The first kappa shape index (κ1) is 37.3. The van der Waals surface area contributed by atoms with E-state index in [-0.39, 0.29) is 11.6 Å². The summed E-state index contributed by atoms with van der Waals surface area (Å²) in [6.45, 7) is 4.81. The van der Waals surface area contributed by atoms with Crippen LogP contribution in [0.1, 0.15) is 94.3 Å². The highest BCUT2D eigenvalue weighted by Gasteiger charge is 2.22. The number of carbonyl (C=O) groups is 4. The van der Waals surface area contributed by atoms with Gasteiger partial charge in [-0.2, -0.15) is 0 Å². The first-order chi connectivity index (χ1) is 22.1.